The van der Waals surface area contributed by atoms with E-state index >= 15 is 0 Å². The molecule has 1 unspecified atom stereocenters. The Morgan fingerprint density at radius 1 is 1.28 bits per heavy atom. The number of para-hydroxylation sites is 1. The minimum absolute atomic E-state index is 0.0981. The van der Waals surface area contributed by atoms with Gasteiger partial charge in [0.15, 0.2) is 0 Å². The van der Waals surface area contributed by atoms with Gasteiger partial charge >= 0.3 is 6.09 Å². The van der Waals surface area contributed by atoms with Gasteiger partial charge in [-0.05, 0) is 33.8 Å². The summed E-state index contributed by atoms with van der Waals surface area (Å²) in [5, 5.41) is 2.77. The van der Waals surface area contributed by atoms with Crippen molar-refractivity contribution in [2.45, 2.75) is 39.8 Å². The minimum Gasteiger partial charge on any atom is -0.491 e. The van der Waals surface area contributed by atoms with E-state index in [1.54, 1.807) is 6.92 Å². The smallest absolute Gasteiger partial charge is 0.407 e. The molecule has 0 heterocycles. The lowest BCUT2D eigenvalue weighted by atomic mass is 10.1. The largest absolute Gasteiger partial charge is 0.491 e. The molecule has 0 radical (unpaired) electrons. The van der Waals surface area contributed by atoms with Crippen molar-refractivity contribution in [2.24, 2.45) is 0 Å². The molecule has 1 aromatic carbocycles. The van der Waals surface area contributed by atoms with Crippen molar-refractivity contribution < 1.29 is 14.3 Å². The summed E-state index contributed by atoms with van der Waals surface area (Å²) in [7, 11) is 0. The van der Waals surface area contributed by atoms with Crippen molar-refractivity contribution >= 4 is 6.09 Å². The molecule has 1 N–H and O–H groups in total. The highest BCUT2D eigenvalue weighted by atomic mass is 16.5. The van der Waals surface area contributed by atoms with Gasteiger partial charge in [0.05, 0.1) is 18.8 Å². The number of amides is 1. The molecule has 1 amide bonds. The van der Waals surface area contributed by atoms with Crippen LogP contribution < -0.4 is 10.1 Å². The number of alkyl carbamates (subject to hydrolysis) is 1. The van der Waals surface area contributed by atoms with Crippen molar-refractivity contribution in [3.05, 3.63) is 29.8 Å². The highest BCUT2D eigenvalue weighted by Gasteiger charge is 2.14. The van der Waals surface area contributed by atoms with Gasteiger partial charge in [0, 0.05) is 5.56 Å². The van der Waals surface area contributed by atoms with Crippen molar-refractivity contribution in [1.29, 1.82) is 0 Å². The summed E-state index contributed by atoms with van der Waals surface area (Å²) in [4.78, 5) is 11.4. The molecular formula is C14H21NO3. The molecule has 4 nitrogen and oxygen atoms in total. The van der Waals surface area contributed by atoms with Crippen molar-refractivity contribution in [3.8, 4) is 5.75 Å². The fraction of sp³-hybridized carbons (Fsp3) is 0.500. The molecule has 0 bridgehead atoms. The minimum atomic E-state index is -0.413. The molecule has 1 rings (SSSR count). The number of nitrogens with one attached hydrogen (secondary N) is 1. The van der Waals surface area contributed by atoms with Gasteiger partial charge in [-0.1, -0.05) is 18.2 Å². The summed E-state index contributed by atoms with van der Waals surface area (Å²) >= 11 is 0. The normalized spacial score (nSPS) is 12.1. The predicted octanol–water partition coefficient (Wildman–Crippen LogP) is 3.28. The van der Waals surface area contributed by atoms with Gasteiger partial charge in [0.25, 0.3) is 0 Å². The number of rotatable bonds is 5. The number of benzene rings is 1. The maximum absolute atomic E-state index is 11.4. The maximum Gasteiger partial charge on any atom is 0.407 e. The fourth-order valence-electron chi connectivity index (χ4n) is 1.63. The van der Waals surface area contributed by atoms with Gasteiger partial charge in [0.1, 0.15) is 5.75 Å². The van der Waals surface area contributed by atoms with E-state index in [4.69, 9.17) is 9.47 Å². The molecule has 1 aromatic rings. The fourth-order valence-corrected chi connectivity index (χ4v) is 1.63. The monoisotopic (exact) mass is 251 g/mol. The van der Waals surface area contributed by atoms with E-state index in [2.05, 4.69) is 5.32 Å². The molecule has 0 spiro atoms. The molecule has 100 valence electrons. The lowest BCUT2D eigenvalue weighted by Gasteiger charge is -2.19. The van der Waals surface area contributed by atoms with Gasteiger partial charge in [-0.2, -0.15) is 0 Å². The summed E-state index contributed by atoms with van der Waals surface area (Å²) in [6, 6.07) is 7.52. The maximum atomic E-state index is 11.4. The van der Waals surface area contributed by atoms with E-state index in [0.29, 0.717) is 6.61 Å². The molecule has 1 atom stereocenters. The van der Waals surface area contributed by atoms with Gasteiger partial charge in [-0.3, -0.25) is 0 Å². The molecule has 0 aliphatic heterocycles. The molecule has 18 heavy (non-hydrogen) atoms. The molecule has 4 heteroatoms. The second-order valence-corrected chi connectivity index (χ2v) is 4.29. The van der Waals surface area contributed by atoms with Gasteiger partial charge in [0.2, 0.25) is 0 Å². The van der Waals surface area contributed by atoms with Crippen LogP contribution in [0.25, 0.3) is 0 Å². The molecule has 0 aliphatic rings. The predicted molar refractivity (Wildman–Crippen MR) is 70.8 cm³/mol. The number of hydrogen-bond donors (Lipinski definition) is 1. The Morgan fingerprint density at radius 2 is 1.94 bits per heavy atom. The Bertz CT molecular complexity index is 390. The van der Waals surface area contributed by atoms with Crippen LogP contribution in [-0.2, 0) is 4.74 Å². The van der Waals surface area contributed by atoms with Crippen LogP contribution in [0.1, 0.15) is 39.3 Å². The summed E-state index contributed by atoms with van der Waals surface area (Å²) in [6.07, 6.45) is -0.315. The lowest BCUT2D eigenvalue weighted by molar-refractivity contribution is 0.148. The molecular weight excluding hydrogens is 230 g/mol. The molecule has 0 saturated heterocycles. The van der Waals surface area contributed by atoms with Crippen LogP contribution in [-0.4, -0.2) is 18.8 Å². The number of ether oxygens (including phenoxy) is 2. The van der Waals surface area contributed by atoms with Crippen LogP contribution in [0.15, 0.2) is 24.3 Å². The first-order valence-electron chi connectivity index (χ1n) is 6.23. The zero-order valence-corrected chi connectivity index (χ0v) is 11.4. The second-order valence-electron chi connectivity index (χ2n) is 4.29. The quantitative estimate of drug-likeness (QED) is 0.873. The molecule has 0 aromatic heterocycles. The number of carbonyl (C=O) groups is 1. The third kappa shape index (κ3) is 4.28. The third-order valence-corrected chi connectivity index (χ3v) is 2.36. The Hall–Kier alpha value is -1.71. The zero-order valence-electron chi connectivity index (χ0n) is 11.4. The SMILES string of the molecule is CCOC(=O)NC(C)c1ccccc1OC(C)C. The van der Waals surface area contributed by atoms with Crippen LogP contribution in [0.4, 0.5) is 4.79 Å². The van der Waals surface area contributed by atoms with Gasteiger partial charge in [-0.25, -0.2) is 4.79 Å². The Morgan fingerprint density at radius 3 is 2.56 bits per heavy atom. The van der Waals surface area contributed by atoms with E-state index in [-0.39, 0.29) is 12.1 Å². The number of carbonyl (C=O) groups excluding carboxylic acids is 1. The summed E-state index contributed by atoms with van der Waals surface area (Å²) in [5.41, 5.74) is 0.944. The Labute approximate surface area is 108 Å². The summed E-state index contributed by atoms with van der Waals surface area (Å²) < 4.78 is 10.6. The zero-order chi connectivity index (χ0) is 13.5. The highest BCUT2D eigenvalue weighted by molar-refractivity contribution is 5.68. The first-order chi connectivity index (χ1) is 8.54. The molecule has 0 aliphatic carbocycles. The van der Waals surface area contributed by atoms with Crippen molar-refractivity contribution in [1.82, 2.24) is 5.32 Å². The molecule has 0 fully saturated rings. The first-order valence-corrected chi connectivity index (χ1v) is 6.23. The summed E-state index contributed by atoms with van der Waals surface area (Å²) in [6.45, 7) is 7.99. The van der Waals surface area contributed by atoms with Crippen LogP contribution in [0.2, 0.25) is 0 Å². The first kappa shape index (κ1) is 14.4. The highest BCUT2D eigenvalue weighted by Crippen LogP contribution is 2.25. The third-order valence-electron chi connectivity index (χ3n) is 2.36. The van der Waals surface area contributed by atoms with Gasteiger partial charge < -0.3 is 14.8 Å². The van der Waals surface area contributed by atoms with Gasteiger partial charge in [-0.15, -0.1) is 0 Å². The van der Waals surface area contributed by atoms with Crippen LogP contribution in [0.3, 0.4) is 0 Å². The van der Waals surface area contributed by atoms with E-state index in [0.717, 1.165) is 11.3 Å². The van der Waals surface area contributed by atoms with Crippen LogP contribution >= 0.6 is 0 Å². The Kier molecular flexibility index (Phi) is 5.49. The van der Waals surface area contributed by atoms with Crippen LogP contribution in [0, 0.1) is 0 Å². The average molecular weight is 251 g/mol. The van der Waals surface area contributed by atoms with Crippen molar-refractivity contribution in [3.63, 3.8) is 0 Å². The van der Waals surface area contributed by atoms with Crippen molar-refractivity contribution in [2.75, 3.05) is 6.61 Å². The standard InChI is InChI=1S/C14H21NO3/c1-5-17-14(16)15-11(4)12-8-6-7-9-13(12)18-10(2)3/h6-11H,5H2,1-4H3,(H,15,16). The lowest BCUT2D eigenvalue weighted by Crippen LogP contribution is -2.27. The van der Waals surface area contributed by atoms with E-state index in [9.17, 15) is 4.79 Å². The van der Waals surface area contributed by atoms with E-state index in [1.807, 2.05) is 45.0 Å². The van der Waals surface area contributed by atoms with E-state index in [1.165, 1.54) is 0 Å². The number of hydrogen-bond acceptors (Lipinski definition) is 3. The molecule has 0 saturated carbocycles. The van der Waals surface area contributed by atoms with Crippen LogP contribution in [0.5, 0.6) is 5.75 Å². The Balaban J connectivity index is 2.78. The topological polar surface area (TPSA) is 47.6 Å². The average Bonchev–Trinajstić information content (AvgIpc) is 2.28. The summed E-state index contributed by atoms with van der Waals surface area (Å²) in [5.74, 6) is 0.789. The second kappa shape index (κ2) is 6.89. The van der Waals surface area contributed by atoms with E-state index < -0.39 is 6.09 Å².